The normalized spacial score (nSPS) is 10.7. The van der Waals surface area contributed by atoms with Gasteiger partial charge in [-0.25, -0.2) is 0 Å². The van der Waals surface area contributed by atoms with E-state index in [1.165, 1.54) is 5.56 Å². The van der Waals surface area contributed by atoms with E-state index < -0.39 is 0 Å². The minimum Gasteiger partial charge on any atom is -0.493 e. The third-order valence-electron chi connectivity index (χ3n) is 3.89. The summed E-state index contributed by atoms with van der Waals surface area (Å²) >= 11 is 6.39. The van der Waals surface area contributed by atoms with Crippen LogP contribution in [-0.4, -0.2) is 25.4 Å². The van der Waals surface area contributed by atoms with Gasteiger partial charge in [-0.05, 0) is 43.5 Å². The second-order valence-electron chi connectivity index (χ2n) is 5.98. The molecular weight excluding hydrogens is 338 g/mol. The minimum atomic E-state index is 0.225. The summed E-state index contributed by atoms with van der Waals surface area (Å²) in [4.78, 5) is 0. The number of hydrogen-bond donors (Lipinski definition) is 2. The van der Waals surface area contributed by atoms with Crippen LogP contribution >= 0.6 is 11.6 Å². The van der Waals surface area contributed by atoms with Gasteiger partial charge in [-0.15, -0.1) is 0 Å². The van der Waals surface area contributed by atoms with E-state index in [-0.39, 0.29) is 6.61 Å². The largest absolute Gasteiger partial charge is 0.493 e. The van der Waals surface area contributed by atoms with Crippen molar-refractivity contribution in [2.75, 3.05) is 20.3 Å². The summed E-state index contributed by atoms with van der Waals surface area (Å²) in [5.74, 6) is 1.31. The number of halogens is 1. The van der Waals surface area contributed by atoms with E-state index in [2.05, 4.69) is 24.4 Å². The number of nitrogens with one attached hydrogen (secondary N) is 1. The number of benzene rings is 2. The Morgan fingerprint density at radius 1 is 1.12 bits per heavy atom. The molecule has 0 heterocycles. The van der Waals surface area contributed by atoms with Crippen LogP contribution in [0, 0.1) is 6.92 Å². The molecule has 0 aliphatic rings. The molecule has 136 valence electrons. The molecule has 0 saturated carbocycles. The van der Waals surface area contributed by atoms with Crippen molar-refractivity contribution in [2.24, 2.45) is 0 Å². The average molecular weight is 364 g/mol. The van der Waals surface area contributed by atoms with E-state index >= 15 is 0 Å². The van der Waals surface area contributed by atoms with Crippen molar-refractivity contribution in [2.45, 2.75) is 32.9 Å². The van der Waals surface area contributed by atoms with Gasteiger partial charge < -0.3 is 19.9 Å². The van der Waals surface area contributed by atoms with Crippen molar-refractivity contribution in [3.05, 3.63) is 58.1 Å². The molecule has 0 amide bonds. The number of ether oxygens (including phenoxy) is 2. The van der Waals surface area contributed by atoms with Gasteiger partial charge in [-0.1, -0.05) is 41.4 Å². The van der Waals surface area contributed by atoms with E-state index in [1.54, 1.807) is 13.2 Å². The molecular formula is C20H26ClNO3. The molecule has 0 aliphatic heterocycles. The molecule has 0 unspecified atom stereocenters. The summed E-state index contributed by atoms with van der Waals surface area (Å²) in [7, 11) is 1.63. The van der Waals surface area contributed by atoms with Crippen LogP contribution in [0.3, 0.4) is 0 Å². The molecule has 0 bridgehead atoms. The molecule has 0 spiro atoms. The van der Waals surface area contributed by atoms with Crippen LogP contribution in [0.2, 0.25) is 5.02 Å². The highest BCUT2D eigenvalue weighted by Gasteiger charge is 2.11. The maximum atomic E-state index is 8.79. The molecule has 0 saturated heterocycles. The Bertz CT molecular complexity index is 676. The van der Waals surface area contributed by atoms with Crippen molar-refractivity contribution >= 4 is 11.6 Å². The van der Waals surface area contributed by atoms with Gasteiger partial charge in [0.1, 0.15) is 6.61 Å². The first-order chi connectivity index (χ1) is 12.1. The highest BCUT2D eigenvalue weighted by atomic mass is 35.5. The third-order valence-corrected chi connectivity index (χ3v) is 4.24. The quantitative estimate of drug-likeness (QED) is 0.624. The smallest absolute Gasteiger partial charge is 0.163 e. The fourth-order valence-corrected chi connectivity index (χ4v) is 2.75. The molecule has 0 aromatic heterocycles. The monoisotopic (exact) mass is 363 g/mol. The number of aliphatic hydroxyl groups excluding tert-OH is 1. The molecule has 2 aromatic carbocycles. The molecule has 0 atom stereocenters. The Morgan fingerprint density at radius 2 is 1.96 bits per heavy atom. The van der Waals surface area contributed by atoms with E-state index in [1.807, 2.05) is 18.2 Å². The average Bonchev–Trinajstić information content (AvgIpc) is 2.61. The van der Waals surface area contributed by atoms with E-state index in [0.717, 1.165) is 30.5 Å². The summed E-state index contributed by atoms with van der Waals surface area (Å²) in [6.45, 7) is 4.24. The van der Waals surface area contributed by atoms with Crippen LogP contribution < -0.4 is 14.8 Å². The van der Waals surface area contributed by atoms with Gasteiger partial charge in [0.15, 0.2) is 11.5 Å². The summed E-state index contributed by atoms with van der Waals surface area (Å²) < 4.78 is 11.4. The van der Waals surface area contributed by atoms with Gasteiger partial charge in [0, 0.05) is 24.2 Å². The second-order valence-corrected chi connectivity index (χ2v) is 6.39. The number of aliphatic hydroxyl groups is 1. The zero-order valence-corrected chi connectivity index (χ0v) is 15.6. The summed E-state index contributed by atoms with van der Waals surface area (Å²) in [6, 6.07) is 11.9. The third kappa shape index (κ3) is 6.24. The van der Waals surface area contributed by atoms with Gasteiger partial charge in [0.25, 0.3) is 0 Å². The summed E-state index contributed by atoms with van der Waals surface area (Å²) in [5, 5.41) is 12.8. The number of aryl methyl sites for hydroxylation is 1. The Labute approximate surface area is 154 Å². The molecule has 2 rings (SSSR count). The maximum Gasteiger partial charge on any atom is 0.163 e. The fraction of sp³-hybridized carbons (Fsp3) is 0.400. The van der Waals surface area contributed by atoms with Crippen molar-refractivity contribution in [3.8, 4) is 11.5 Å². The Kier molecular flexibility index (Phi) is 8.06. The van der Waals surface area contributed by atoms with E-state index in [9.17, 15) is 0 Å². The number of methoxy groups -OCH3 is 1. The highest BCUT2D eigenvalue weighted by molar-refractivity contribution is 6.31. The predicted molar refractivity (Wildman–Crippen MR) is 102 cm³/mol. The van der Waals surface area contributed by atoms with Crippen LogP contribution in [0.15, 0.2) is 36.4 Å². The van der Waals surface area contributed by atoms with Gasteiger partial charge in [0.2, 0.25) is 0 Å². The van der Waals surface area contributed by atoms with Crippen molar-refractivity contribution in [1.29, 1.82) is 0 Å². The first-order valence-electron chi connectivity index (χ1n) is 8.50. The van der Waals surface area contributed by atoms with E-state index in [4.69, 9.17) is 26.2 Å². The van der Waals surface area contributed by atoms with Gasteiger partial charge in [-0.3, -0.25) is 0 Å². The van der Waals surface area contributed by atoms with E-state index in [0.29, 0.717) is 29.7 Å². The summed E-state index contributed by atoms with van der Waals surface area (Å²) in [5.41, 5.74) is 3.27. The van der Waals surface area contributed by atoms with Gasteiger partial charge in [0.05, 0.1) is 7.11 Å². The van der Waals surface area contributed by atoms with Gasteiger partial charge in [-0.2, -0.15) is 0 Å². The first kappa shape index (κ1) is 19.6. The standard InChI is InChI=1S/C20H26ClNO3/c1-15-6-5-7-16(10-15)14-25-20-12-18(21)17(11-19(20)24-2)13-22-8-3-4-9-23/h5-7,10-12,22-23H,3-4,8-9,13-14H2,1-2H3. The SMILES string of the molecule is COc1cc(CNCCCCO)c(Cl)cc1OCc1cccc(C)c1. The molecule has 0 radical (unpaired) electrons. The van der Waals surface area contributed by atoms with Crippen LogP contribution in [0.4, 0.5) is 0 Å². The lowest BCUT2D eigenvalue weighted by atomic mass is 10.1. The minimum absolute atomic E-state index is 0.225. The number of unbranched alkanes of at least 4 members (excludes halogenated alkanes) is 1. The molecule has 0 fully saturated rings. The van der Waals surface area contributed by atoms with Crippen molar-refractivity contribution in [3.63, 3.8) is 0 Å². The highest BCUT2D eigenvalue weighted by Crippen LogP contribution is 2.34. The lowest BCUT2D eigenvalue weighted by molar-refractivity contribution is 0.283. The molecule has 25 heavy (non-hydrogen) atoms. The van der Waals surface area contributed by atoms with Crippen LogP contribution in [0.1, 0.15) is 29.5 Å². The summed E-state index contributed by atoms with van der Waals surface area (Å²) in [6.07, 6.45) is 1.73. The van der Waals surface area contributed by atoms with Gasteiger partial charge >= 0.3 is 0 Å². The lowest BCUT2D eigenvalue weighted by Gasteiger charge is -2.14. The molecule has 5 heteroatoms. The Hall–Kier alpha value is -1.75. The fourth-order valence-electron chi connectivity index (χ4n) is 2.53. The lowest BCUT2D eigenvalue weighted by Crippen LogP contribution is -2.15. The zero-order valence-electron chi connectivity index (χ0n) is 14.8. The first-order valence-corrected chi connectivity index (χ1v) is 8.88. The number of hydrogen-bond acceptors (Lipinski definition) is 4. The maximum absolute atomic E-state index is 8.79. The van der Waals surface area contributed by atoms with Crippen molar-refractivity contribution in [1.82, 2.24) is 5.32 Å². The second kappa shape index (κ2) is 10.3. The van der Waals surface area contributed by atoms with Crippen LogP contribution in [-0.2, 0) is 13.2 Å². The number of rotatable bonds is 10. The van der Waals surface area contributed by atoms with Crippen LogP contribution in [0.5, 0.6) is 11.5 Å². The van der Waals surface area contributed by atoms with Crippen molar-refractivity contribution < 1.29 is 14.6 Å². The molecule has 2 aromatic rings. The zero-order chi connectivity index (χ0) is 18.1. The Morgan fingerprint density at radius 3 is 2.68 bits per heavy atom. The molecule has 0 aliphatic carbocycles. The topological polar surface area (TPSA) is 50.7 Å². The predicted octanol–water partition coefficient (Wildman–Crippen LogP) is 4.10. The Balaban J connectivity index is 2.00. The van der Waals surface area contributed by atoms with Crippen LogP contribution in [0.25, 0.3) is 0 Å². The molecule has 4 nitrogen and oxygen atoms in total. The molecule has 2 N–H and O–H groups in total.